The third-order valence-electron chi connectivity index (χ3n) is 3.23. The minimum Gasteiger partial charge on any atom is -0.332 e. The quantitative estimate of drug-likeness (QED) is 0.570. The van der Waals surface area contributed by atoms with Crippen molar-refractivity contribution in [3.8, 4) is 0 Å². The molecule has 2 N–H and O–H groups in total. The lowest BCUT2D eigenvalue weighted by atomic mass is 10.1. The number of carbonyl (C=O) groups is 1. The highest BCUT2D eigenvalue weighted by atomic mass is 32.1. The third kappa shape index (κ3) is 2.43. The monoisotopic (exact) mass is 300 g/mol. The number of nitrogens with zero attached hydrogens (tertiary/aromatic N) is 2. The van der Waals surface area contributed by atoms with E-state index in [1.54, 1.807) is 19.2 Å². The Labute approximate surface area is 124 Å². The number of nitrogens with one attached hydrogen (secondary N) is 2. The average molecular weight is 300 g/mol. The summed E-state index contributed by atoms with van der Waals surface area (Å²) in [5.74, 6) is -0.0570. The number of hydrogen-bond acceptors (Lipinski definition) is 4. The molecule has 0 fully saturated rings. The summed E-state index contributed by atoms with van der Waals surface area (Å²) in [6, 6.07) is 8.97. The van der Waals surface area contributed by atoms with Crippen molar-refractivity contribution < 1.29 is 4.79 Å². The van der Waals surface area contributed by atoms with Gasteiger partial charge in [-0.15, -0.1) is 0 Å². The van der Waals surface area contributed by atoms with Crippen molar-refractivity contribution in [1.82, 2.24) is 19.7 Å². The molecule has 0 saturated heterocycles. The molecule has 0 aliphatic carbocycles. The van der Waals surface area contributed by atoms with E-state index in [1.807, 2.05) is 18.2 Å². The van der Waals surface area contributed by atoms with Crippen LogP contribution in [0.2, 0.25) is 0 Å². The van der Waals surface area contributed by atoms with Crippen LogP contribution in [0.25, 0.3) is 11.0 Å². The van der Waals surface area contributed by atoms with Gasteiger partial charge in [0.1, 0.15) is 5.52 Å². The van der Waals surface area contributed by atoms with E-state index < -0.39 is 0 Å². The normalized spacial score (nSPS) is 10.9. The van der Waals surface area contributed by atoms with Gasteiger partial charge < -0.3 is 4.98 Å². The number of ketones is 1. The van der Waals surface area contributed by atoms with Crippen molar-refractivity contribution in [3.63, 3.8) is 0 Å². The number of aryl methyl sites for hydroxylation is 1. The Hall–Kier alpha value is -2.54. The molecule has 21 heavy (non-hydrogen) atoms. The predicted octanol–water partition coefficient (Wildman–Crippen LogP) is 1.74. The van der Waals surface area contributed by atoms with Crippen LogP contribution >= 0.6 is 12.2 Å². The highest BCUT2D eigenvalue weighted by Gasteiger charge is 2.14. The first-order chi connectivity index (χ1) is 10.1. The zero-order chi connectivity index (χ0) is 15.0. The first-order valence-corrected chi connectivity index (χ1v) is 6.73. The van der Waals surface area contributed by atoms with E-state index in [0.29, 0.717) is 16.8 Å². The Morgan fingerprint density at radius 2 is 2.05 bits per heavy atom. The van der Waals surface area contributed by atoms with Gasteiger partial charge in [-0.2, -0.15) is 0 Å². The van der Waals surface area contributed by atoms with Gasteiger partial charge >= 0.3 is 0 Å². The molecule has 0 aliphatic heterocycles. The summed E-state index contributed by atoms with van der Waals surface area (Å²) in [6.45, 7) is 0. The van der Waals surface area contributed by atoms with E-state index in [1.165, 1.54) is 4.68 Å². The van der Waals surface area contributed by atoms with Gasteiger partial charge in [0.05, 0.1) is 12.1 Å². The number of H-pyrrole nitrogens is 2. The van der Waals surface area contributed by atoms with E-state index in [0.717, 1.165) is 0 Å². The van der Waals surface area contributed by atoms with Crippen molar-refractivity contribution in [2.75, 3.05) is 0 Å². The molecule has 0 saturated carbocycles. The second kappa shape index (κ2) is 5.10. The van der Waals surface area contributed by atoms with Crippen LogP contribution in [0.1, 0.15) is 16.1 Å². The lowest BCUT2D eigenvalue weighted by molar-refractivity contribution is 0.0992. The van der Waals surface area contributed by atoms with E-state index >= 15 is 0 Å². The second-order valence-electron chi connectivity index (χ2n) is 4.69. The van der Waals surface area contributed by atoms with Crippen molar-refractivity contribution in [2.24, 2.45) is 7.05 Å². The molecule has 0 radical (unpaired) electrons. The molecular formula is C14H12N4O2S. The Morgan fingerprint density at radius 3 is 2.76 bits per heavy atom. The summed E-state index contributed by atoms with van der Waals surface area (Å²) >= 11 is 5.03. The molecule has 3 rings (SSSR count). The van der Waals surface area contributed by atoms with E-state index in [4.69, 9.17) is 12.2 Å². The molecule has 3 aromatic rings. The molecule has 1 aromatic carbocycles. The van der Waals surface area contributed by atoms with Crippen LogP contribution in [0, 0.1) is 4.77 Å². The van der Waals surface area contributed by atoms with Crippen LogP contribution in [0.15, 0.2) is 35.1 Å². The maximum atomic E-state index is 12.3. The lowest BCUT2D eigenvalue weighted by Crippen LogP contribution is -2.12. The molecule has 0 unspecified atom stereocenters. The van der Waals surface area contributed by atoms with E-state index in [2.05, 4.69) is 15.1 Å². The van der Waals surface area contributed by atoms with Crippen molar-refractivity contribution in [2.45, 2.75) is 6.42 Å². The summed E-state index contributed by atoms with van der Waals surface area (Å²) in [6.07, 6.45) is 0.118. The van der Waals surface area contributed by atoms with Crippen LogP contribution in [-0.2, 0) is 13.5 Å². The van der Waals surface area contributed by atoms with Crippen molar-refractivity contribution >= 4 is 29.0 Å². The number of Topliss-reactive ketones (excluding diaryl/α,β-unsaturated/α-hetero) is 1. The number of rotatable bonds is 3. The first kappa shape index (κ1) is 13.4. The predicted molar refractivity (Wildman–Crippen MR) is 81.0 cm³/mol. The SMILES string of the molecule is Cn1[nH]c2c(CC(=O)c3ccccc3)[nH]c(=S)nc2c1=O. The van der Waals surface area contributed by atoms with Gasteiger partial charge in [0.25, 0.3) is 5.56 Å². The molecule has 0 amide bonds. The summed E-state index contributed by atoms with van der Waals surface area (Å²) in [4.78, 5) is 31.1. The fourth-order valence-corrected chi connectivity index (χ4v) is 2.41. The molecule has 2 aromatic heterocycles. The standard InChI is InChI=1S/C14H12N4O2S/c1-18-13(20)12-11(17-18)9(15-14(21)16-12)7-10(19)8-5-3-2-4-6-8/h2-6,17H,7H2,1H3,(H,15,16,21). The summed E-state index contributed by atoms with van der Waals surface area (Å²) in [7, 11) is 1.59. The smallest absolute Gasteiger partial charge is 0.292 e. The number of hydrogen-bond donors (Lipinski definition) is 2. The molecule has 2 heterocycles. The Bertz CT molecular complexity index is 937. The van der Waals surface area contributed by atoms with Gasteiger partial charge in [-0.3, -0.25) is 19.4 Å². The first-order valence-electron chi connectivity index (χ1n) is 6.32. The summed E-state index contributed by atoms with van der Waals surface area (Å²) < 4.78 is 1.51. The van der Waals surface area contributed by atoms with Crippen LogP contribution in [0.5, 0.6) is 0 Å². The van der Waals surface area contributed by atoms with E-state index in [-0.39, 0.29) is 28.1 Å². The van der Waals surface area contributed by atoms with Gasteiger partial charge in [0.2, 0.25) is 0 Å². The molecule has 0 atom stereocenters. The molecule has 6 nitrogen and oxygen atoms in total. The van der Waals surface area contributed by atoms with Gasteiger partial charge in [-0.1, -0.05) is 30.3 Å². The third-order valence-corrected chi connectivity index (χ3v) is 3.42. The van der Waals surface area contributed by atoms with Gasteiger partial charge in [-0.25, -0.2) is 4.98 Å². The molecule has 0 aliphatic rings. The molecule has 0 bridgehead atoms. The fourth-order valence-electron chi connectivity index (χ4n) is 2.19. The number of aromatic amines is 2. The fraction of sp³-hybridized carbons (Fsp3) is 0.143. The topological polar surface area (TPSA) is 83.5 Å². The van der Waals surface area contributed by atoms with Gasteiger partial charge in [0.15, 0.2) is 16.1 Å². The molecule has 0 spiro atoms. The van der Waals surface area contributed by atoms with Crippen LogP contribution in [-0.4, -0.2) is 25.5 Å². The second-order valence-corrected chi connectivity index (χ2v) is 5.07. The summed E-state index contributed by atoms with van der Waals surface area (Å²) in [5.41, 5.74) is 1.67. The largest absolute Gasteiger partial charge is 0.332 e. The highest BCUT2D eigenvalue weighted by molar-refractivity contribution is 7.71. The van der Waals surface area contributed by atoms with Crippen molar-refractivity contribution in [3.05, 3.63) is 56.7 Å². The lowest BCUT2D eigenvalue weighted by Gasteiger charge is -2.03. The minimum absolute atomic E-state index is 0.0570. The summed E-state index contributed by atoms with van der Waals surface area (Å²) in [5, 5.41) is 2.89. The molecule has 106 valence electrons. The molecular weight excluding hydrogens is 288 g/mol. The number of aromatic nitrogens is 4. The number of benzene rings is 1. The van der Waals surface area contributed by atoms with Gasteiger partial charge in [-0.05, 0) is 12.2 Å². The highest BCUT2D eigenvalue weighted by Crippen LogP contribution is 2.12. The zero-order valence-electron chi connectivity index (χ0n) is 11.2. The Morgan fingerprint density at radius 1 is 1.33 bits per heavy atom. The number of fused-ring (bicyclic) bond motifs is 1. The maximum Gasteiger partial charge on any atom is 0.292 e. The average Bonchev–Trinajstić information content (AvgIpc) is 2.76. The molecule has 7 heteroatoms. The van der Waals surface area contributed by atoms with Crippen LogP contribution in [0.3, 0.4) is 0 Å². The van der Waals surface area contributed by atoms with Crippen LogP contribution in [0.4, 0.5) is 0 Å². The van der Waals surface area contributed by atoms with Gasteiger partial charge in [0, 0.05) is 12.6 Å². The Kier molecular flexibility index (Phi) is 3.26. The number of carbonyl (C=O) groups excluding carboxylic acids is 1. The van der Waals surface area contributed by atoms with Crippen molar-refractivity contribution in [1.29, 1.82) is 0 Å². The zero-order valence-corrected chi connectivity index (χ0v) is 12.0. The Balaban J connectivity index is 2.09. The maximum absolute atomic E-state index is 12.3. The minimum atomic E-state index is -0.265. The van der Waals surface area contributed by atoms with Crippen LogP contribution < -0.4 is 5.56 Å². The van der Waals surface area contributed by atoms with E-state index in [9.17, 15) is 9.59 Å².